The molecule has 96 valence electrons. The fourth-order valence-corrected chi connectivity index (χ4v) is 1.50. The molecule has 0 aliphatic carbocycles. The van der Waals surface area contributed by atoms with Crippen molar-refractivity contribution in [2.45, 2.75) is 0 Å². The lowest BCUT2D eigenvalue weighted by Gasteiger charge is -2.04. The SMILES string of the molecule is COC(=O)c1cc(O[P+](=O)O)cc(C(=O)OC)c1. The molecule has 1 unspecified atom stereocenters. The number of hydrogen-bond acceptors (Lipinski definition) is 6. The van der Waals surface area contributed by atoms with Crippen LogP contribution in [0.15, 0.2) is 18.2 Å². The van der Waals surface area contributed by atoms with E-state index in [1.165, 1.54) is 32.4 Å². The van der Waals surface area contributed by atoms with Gasteiger partial charge in [-0.15, -0.1) is 4.89 Å². The monoisotopic (exact) mass is 273 g/mol. The third-order valence-electron chi connectivity index (χ3n) is 1.93. The highest BCUT2D eigenvalue weighted by Gasteiger charge is 2.20. The maximum absolute atomic E-state index is 11.3. The summed E-state index contributed by atoms with van der Waals surface area (Å²) in [5.74, 6) is -1.53. The van der Waals surface area contributed by atoms with Gasteiger partial charge < -0.3 is 9.47 Å². The molecule has 0 spiro atoms. The van der Waals surface area contributed by atoms with Crippen LogP contribution >= 0.6 is 8.25 Å². The minimum atomic E-state index is -2.90. The molecule has 1 rings (SSSR count). The van der Waals surface area contributed by atoms with Gasteiger partial charge in [0.2, 0.25) is 0 Å². The Bertz CT molecular complexity index is 463. The van der Waals surface area contributed by atoms with Crippen LogP contribution in [0.2, 0.25) is 0 Å². The van der Waals surface area contributed by atoms with Gasteiger partial charge in [-0.3, -0.25) is 0 Å². The summed E-state index contributed by atoms with van der Waals surface area (Å²) in [5.41, 5.74) is 0.0134. The number of rotatable bonds is 4. The van der Waals surface area contributed by atoms with Gasteiger partial charge in [-0.25, -0.2) is 14.1 Å². The van der Waals surface area contributed by atoms with E-state index >= 15 is 0 Å². The van der Waals surface area contributed by atoms with Crippen LogP contribution in [0.1, 0.15) is 20.7 Å². The molecule has 7 nitrogen and oxygen atoms in total. The van der Waals surface area contributed by atoms with Gasteiger partial charge in [-0.2, -0.15) is 0 Å². The molecule has 0 fully saturated rings. The Kier molecular flexibility index (Phi) is 4.76. The highest BCUT2D eigenvalue weighted by molar-refractivity contribution is 7.32. The summed E-state index contributed by atoms with van der Waals surface area (Å²) in [6.45, 7) is 0. The van der Waals surface area contributed by atoms with Gasteiger partial charge in [0.05, 0.1) is 25.3 Å². The fraction of sp³-hybridized carbons (Fsp3) is 0.200. The van der Waals surface area contributed by atoms with Crippen molar-refractivity contribution in [3.05, 3.63) is 29.3 Å². The Balaban J connectivity index is 3.23. The number of carbonyl (C=O) groups is 2. The molecule has 0 amide bonds. The lowest BCUT2D eigenvalue weighted by atomic mass is 10.1. The molecule has 0 radical (unpaired) electrons. The number of ether oxygens (including phenoxy) is 2. The van der Waals surface area contributed by atoms with E-state index in [0.717, 1.165) is 0 Å². The maximum Gasteiger partial charge on any atom is 0.747 e. The summed E-state index contributed by atoms with van der Waals surface area (Å²) in [5, 5.41) is 0. The molecule has 0 saturated carbocycles. The van der Waals surface area contributed by atoms with Gasteiger partial charge in [0.1, 0.15) is 0 Å². The summed E-state index contributed by atoms with van der Waals surface area (Å²) in [6, 6.07) is 3.60. The molecule has 1 aromatic carbocycles. The first-order valence-corrected chi connectivity index (χ1v) is 5.76. The van der Waals surface area contributed by atoms with Crippen molar-refractivity contribution >= 4 is 20.2 Å². The van der Waals surface area contributed by atoms with Gasteiger partial charge in [-0.1, -0.05) is 0 Å². The van der Waals surface area contributed by atoms with E-state index in [9.17, 15) is 14.2 Å². The molecule has 0 aliphatic rings. The quantitative estimate of drug-likeness (QED) is 0.651. The Morgan fingerprint density at radius 3 is 1.83 bits per heavy atom. The van der Waals surface area contributed by atoms with Crippen LogP contribution in [-0.2, 0) is 14.0 Å². The fourth-order valence-electron chi connectivity index (χ4n) is 1.21. The first-order chi connectivity index (χ1) is 8.47. The summed E-state index contributed by atoms with van der Waals surface area (Å²) >= 11 is 0. The van der Waals surface area contributed by atoms with Crippen LogP contribution in [0, 0.1) is 0 Å². The largest absolute Gasteiger partial charge is 0.747 e. The van der Waals surface area contributed by atoms with E-state index < -0.39 is 20.2 Å². The Morgan fingerprint density at radius 1 is 1.06 bits per heavy atom. The summed E-state index contributed by atoms with van der Waals surface area (Å²) in [7, 11) is -0.569. The molecule has 18 heavy (non-hydrogen) atoms. The van der Waals surface area contributed by atoms with Gasteiger partial charge >= 0.3 is 20.2 Å². The van der Waals surface area contributed by atoms with E-state index in [1.807, 2.05) is 0 Å². The lowest BCUT2D eigenvalue weighted by Crippen LogP contribution is -2.06. The van der Waals surface area contributed by atoms with Gasteiger partial charge in [0, 0.05) is 16.7 Å². The molecule has 0 saturated heterocycles. The van der Waals surface area contributed by atoms with E-state index in [0.29, 0.717) is 0 Å². The van der Waals surface area contributed by atoms with E-state index in [4.69, 9.17) is 4.89 Å². The number of benzene rings is 1. The highest BCUT2D eigenvalue weighted by atomic mass is 31.1. The zero-order valence-corrected chi connectivity index (χ0v) is 10.5. The van der Waals surface area contributed by atoms with Crippen molar-refractivity contribution in [1.82, 2.24) is 0 Å². The first kappa shape index (κ1) is 14.1. The van der Waals surface area contributed by atoms with E-state index in [1.54, 1.807) is 0 Å². The summed E-state index contributed by atoms with van der Waals surface area (Å²) in [6.07, 6.45) is 0. The summed E-state index contributed by atoms with van der Waals surface area (Å²) in [4.78, 5) is 31.3. The molecular formula is C10H10O7P+. The molecule has 0 heterocycles. The number of hydrogen-bond donors (Lipinski definition) is 1. The third-order valence-corrected chi connectivity index (χ3v) is 2.30. The van der Waals surface area contributed by atoms with Crippen molar-refractivity contribution in [3.63, 3.8) is 0 Å². The minimum absolute atomic E-state index is 0.00671. The first-order valence-electron chi connectivity index (χ1n) is 4.63. The second-order valence-electron chi connectivity index (χ2n) is 3.06. The standard InChI is InChI=1S/C10H9O7P/c1-15-9(11)6-3-7(10(12)16-2)5-8(4-6)17-18(13)14/h3-5H,1-2H3/p+1. The third kappa shape index (κ3) is 3.51. The predicted octanol–water partition coefficient (Wildman–Crippen LogP) is 1.29. The molecule has 1 N–H and O–H groups in total. The zero-order valence-electron chi connectivity index (χ0n) is 9.58. The zero-order chi connectivity index (χ0) is 13.7. The van der Waals surface area contributed by atoms with Crippen LogP contribution in [0.5, 0.6) is 5.75 Å². The molecule has 0 bridgehead atoms. The van der Waals surface area contributed by atoms with Gasteiger partial charge in [0.15, 0.2) is 5.75 Å². The van der Waals surface area contributed by atoms with E-state index in [2.05, 4.69) is 14.0 Å². The molecular weight excluding hydrogens is 263 g/mol. The maximum atomic E-state index is 11.3. The average Bonchev–Trinajstić information content (AvgIpc) is 2.35. The minimum Gasteiger partial charge on any atom is -0.465 e. The molecule has 1 aromatic rings. The second-order valence-corrected chi connectivity index (χ2v) is 3.72. The smallest absolute Gasteiger partial charge is 0.465 e. The highest BCUT2D eigenvalue weighted by Crippen LogP contribution is 2.26. The number of carbonyl (C=O) groups excluding carboxylic acids is 2. The molecule has 0 aliphatic heterocycles. The second kappa shape index (κ2) is 6.09. The predicted molar refractivity (Wildman–Crippen MR) is 59.6 cm³/mol. The number of methoxy groups -OCH3 is 2. The van der Waals surface area contributed by atoms with Crippen molar-refractivity contribution in [2.24, 2.45) is 0 Å². The Morgan fingerprint density at radius 2 is 1.50 bits per heavy atom. The van der Waals surface area contributed by atoms with Crippen LogP contribution < -0.4 is 4.52 Å². The topological polar surface area (TPSA) is 99.1 Å². The van der Waals surface area contributed by atoms with E-state index in [-0.39, 0.29) is 16.9 Å². The Labute approximate surface area is 103 Å². The van der Waals surface area contributed by atoms with Crippen molar-refractivity contribution in [3.8, 4) is 5.75 Å². The Hall–Kier alpha value is -1.98. The normalized spacial score (nSPS) is 10.5. The van der Waals surface area contributed by atoms with Crippen molar-refractivity contribution in [1.29, 1.82) is 0 Å². The van der Waals surface area contributed by atoms with Crippen LogP contribution in [0.3, 0.4) is 0 Å². The number of esters is 2. The summed E-state index contributed by atoms with van der Waals surface area (Å²) < 4.78 is 24.1. The molecule has 1 atom stereocenters. The van der Waals surface area contributed by atoms with Gasteiger partial charge in [0.25, 0.3) is 0 Å². The molecule has 8 heteroatoms. The van der Waals surface area contributed by atoms with Crippen molar-refractivity contribution < 1.29 is 33.0 Å². The molecule has 0 aromatic heterocycles. The van der Waals surface area contributed by atoms with Crippen LogP contribution in [-0.4, -0.2) is 31.1 Å². The van der Waals surface area contributed by atoms with Gasteiger partial charge in [-0.05, 0) is 6.07 Å². The van der Waals surface area contributed by atoms with Crippen molar-refractivity contribution in [2.75, 3.05) is 14.2 Å². The van der Waals surface area contributed by atoms with Crippen LogP contribution in [0.25, 0.3) is 0 Å². The average molecular weight is 273 g/mol. The van der Waals surface area contributed by atoms with Crippen LogP contribution in [0.4, 0.5) is 0 Å². The lowest BCUT2D eigenvalue weighted by molar-refractivity contribution is 0.0598.